The highest BCUT2D eigenvalue weighted by Gasteiger charge is 2.20. The fourth-order valence-corrected chi connectivity index (χ4v) is 1.59. The number of ether oxygens (including phenoxy) is 1. The van der Waals surface area contributed by atoms with Crippen molar-refractivity contribution in [3.8, 4) is 0 Å². The van der Waals surface area contributed by atoms with Gasteiger partial charge in [-0.1, -0.05) is 0 Å². The molecule has 0 bridgehead atoms. The van der Waals surface area contributed by atoms with Gasteiger partial charge in [0.15, 0.2) is 0 Å². The highest BCUT2D eigenvalue weighted by atomic mass is 16.5. The molecule has 0 aromatic heterocycles. The van der Waals surface area contributed by atoms with Crippen LogP contribution >= 0.6 is 0 Å². The second-order valence-corrected chi connectivity index (χ2v) is 3.49. The van der Waals surface area contributed by atoms with Gasteiger partial charge in [-0.15, -0.1) is 0 Å². The number of nitrogens with two attached hydrogens (primary N) is 1. The van der Waals surface area contributed by atoms with Crippen molar-refractivity contribution in [1.29, 1.82) is 0 Å². The summed E-state index contributed by atoms with van der Waals surface area (Å²) < 4.78 is 5.51. The van der Waals surface area contributed by atoms with E-state index >= 15 is 0 Å². The summed E-state index contributed by atoms with van der Waals surface area (Å²) in [7, 11) is 2.17. The Morgan fingerprint density at radius 2 is 2.42 bits per heavy atom. The molecular formula is C9H20N2O. The molecule has 1 heterocycles. The predicted octanol–water partition coefficient (Wildman–Crippen LogP) is 0.446. The Bertz CT molecular complexity index is 119. The van der Waals surface area contributed by atoms with Crippen molar-refractivity contribution in [1.82, 2.24) is 4.90 Å². The van der Waals surface area contributed by atoms with Crippen LogP contribution in [-0.2, 0) is 4.74 Å². The van der Waals surface area contributed by atoms with Gasteiger partial charge in [0.2, 0.25) is 0 Å². The van der Waals surface area contributed by atoms with Gasteiger partial charge in [-0.05, 0) is 39.4 Å². The zero-order valence-corrected chi connectivity index (χ0v) is 7.96. The van der Waals surface area contributed by atoms with E-state index in [4.69, 9.17) is 10.5 Å². The molecule has 1 fully saturated rings. The van der Waals surface area contributed by atoms with Crippen LogP contribution in [0.15, 0.2) is 0 Å². The third-order valence-electron chi connectivity index (χ3n) is 2.47. The lowest BCUT2D eigenvalue weighted by atomic mass is 10.2. The molecule has 1 aliphatic rings. The number of hydrogen-bond donors (Lipinski definition) is 1. The molecule has 0 aromatic rings. The van der Waals surface area contributed by atoms with Crippen molar-refractivity contribution in [2.75, 3.05) is 33.4 Å². The molecular weight excluding hydrogens is 152 g/mol. The molecule has 0 saturated carbocycles. The maximum absolute atomic E-state index is 5.51. The molecule has 2 N–H and O–H groups in total. The molecule has 0 aromatic carbocycles. The standard InChI is InChI=1S/C9H20N2O/c1-11-6-2-4-9(11)8-12-7-3-5-10/h9H,2-8,10H2,1H3. The average molecular weight is 172 g/mol. The lowest BCUT2D eigenvalue weighted by molar-refractivity contribution is 0.0852. The fourth-order valence-electron chi connectivity index (χ4n) is 1.59. The lowest BCUT2D eigenvalue weighted by Crippen LogP contribution is -2.29. The summed E-state index contributed by atoms with van der Waals surface area (Å²) >= 11 is 0. The first-order valence-electron chi connectivity index (χ1n) is 4.82. The van der Waals surface area contributed by atoms with Gasteiger partial charge in [0.05, 0.1) is 6.61 Å². The molecule has 3 heteroatoms. The van der Waals surface area contributed by atoms with Crippen LogP contribution in [0.1, 0.15) is 19.3 Å². The molecule has 0 aliphatic carbocycles. The minimum atomic E-state index is 0.655. The highest BCUT2D eigenvalue weighted by molar-refractivity contribution is 4.75. The number of rotatable bonds is 5. The van der Waals surface area contributed by atoms with Crippen molar-refractivity contribution in [3.63, 3.8) is 0 Å². The van der Waals surface area contributed by atoms with Gasteiger partial charge in [-0.3, -0.25) is 0 Å². The van der Waals surface area contributed by atoms with Gasteiger partial charge in [0.25, 0.3) is 0 Å². The third kappa shape index (κ3) is 3.09. The summed E-state index contributed by atoms with van der Waals surface area (Å²) in [6.07, 6.45) is 3.59. The summed E-state index contributed by atoms with van der Waals surface area (Å²) in [6, 6.07) is 0.655. The van der Waals surface area contributed by atoms with Crippen LogP contribution in [0.4, 0.5) is 0 Å². The van der Waals surface area contributed by atoms with Crippen LogP contribution in [0.5, 0.6) is 0 Å². The SMILES string of the molecule is CN1CCCC1COCCCN. The molecule has 1 rings (SSSR count). The van der Waals surface area contributed by atoms with E-state index in [2.05, 4.69) is 11.9 Å². The van der Waals surface area contributed by atoms with Crippen LogP contribution in [0.3, 0.4) is 0 Å². The van der Waals surface area contributed by atoms with E-state index in [1.54, 1.807) is 0 Å². The summed E-state index contributed by atoms with van der Waals surface area (Å²) in [5.41, 5.74) is 5.36. The lowest BCUT2D eigenvalue weighted by Gasteiger charge is -2.18. The van der Waals surface area contributed by atoms with Crippen molar-refractivity contribution in [2.45, 2.75) is 25.3 Å². The number of likely N-dealkylation sites (tertiary alicyclic amines) is 1. The highest BCUT2D eigenvalue weighted by Crippen LogP contribution is 2.14. The molecule has 3 nitrogen and oxygen atoms in total. The molecule has 12 heavy (non-hydrogen) atoms. The Balaban J connectivity index is 1.98. The zero-order chi connectivity index (χ0) is 8.81. The molecule has 1 saturated heterocycles. The predicted molar refractivity (Wildman–Crippen MR) is 50.1 cm³/mol. The zero-order valence-electron chi connectivity index (χ0n) is 7.96. The fraction of sp³-hybridized carbons (Fsp3) is 1.00. The van der Waals surface area contributed by atoms with E-state index in [-0.39, 0.29) is 0 Å². The largest absolute Gasteiger partial charge is 0.380 e. The molecule has 1 aliphatic heterocycles. The first-order chi connectivity index (χ1) is 5.84. The van der Waals surface area contributed by atoms with Crippen LogP contribution < -0.4 is 5.73 Å². The summed E-state index contributed by atoms with van der Waals surface area (Å²) in [6.45, 7) is 3.67. The molecule has 0 spiro atoms. The third-order valence-corrected chi connectivity index (χ3v) is 2.47. The molecule has 0 radical (unpaired) electrons. The minimum Gasteiger partial charge on any atom is -0.380 e. The first-order valence-corrected chi connectivity index (χ1v) is 4.82. The first kappa shape index (κ1) is 9.96. The number of likely N-dealkylation sites (N-methyl/N-ethyl adjacent to an activating group) is 1. The monoisotopic (exact) mass is 172 g/mol. The second-order valence-electron chi connectivity index (χ2n) is 3.49. The smallest absolute Gasteiger partial charge is 0.0621 e. The Hall–Kier alpha value is -0.120. The van der Waals surface area contributed by atoms with Gasteiger partial charge in [0.1, 0.15) is 0 Å². The second kappa shape index (κ2) is 5.51. The Morgan fingerprint density at radius 1 is 1.58 bits per heavy atom. The van der Waals surface area contributed by atoms with E-state index < -0.39 is 0 Å². The molecule has 1 atom stereocenters. The van der Waals surface area contributed by atoms with Crippen molar-refractivity contribution >= 4 is 0 Å². The van der Waals surface area contributed by atoms with Gasteiger partial charge in [0, 0.05) is 12.6 Å². The molecule has 1 unspecified atom stereocenters. The quantitative estimate of drug-likeness (QED) is 0.612. The average Bonchev–Trinajstić information content (AvgIpc) is 2.46. The van der Waals surface area contributed by atoms with Crippen LogP contribution in [0.25, 0.3) is 0 Å². The minimum absolute atomic E-state index is 0.655. The van der Waals surface area contributed by atoms with Crippen LogP contribution in [-0.4, -0.2) is 44.3 Å². The van der Waals surface area contributed by atoms with Crippen molar-refractivity contribution in [3.05, 3.63) is 0 Å². The van der Waals surface area contributed by atoms with E-state index in [0.29, 0.717) is 6.04 Å². The molecule has 72 valence electrons. The topological polar surface area (TPSA) is 38.5 Å². The summed E-state index contributed by atoms with van der Waals surface area (Å²) in [5, 5.41) is 0. The Morgan fingerprint density at radius 3 is 3.00 bits per heavy atom. The normalized spacial score (nSPS) is 25.0. The maximum Gasteiger partial charge on any atom is 0.0621 e. The number of hydrogen-bond acceptors (Lipinski definition) is 3. The van der Waals surface area contributed by atoms with Crippen LogP contribution in [0.2, 0.25) is 0 Å². The van der Waals surface area contributed by atoms with Crippen molar-refractivity contribution in [2.24, 2.45) is 5.73 Å². The van der Waals surface area contributed by atoms with E-state index in [9.17, 15) is 0 Å². The molecule has 0 amide bonds. The Kier molecular flexibility index (Phi) is 4.58. The number of nitrogens with zero attached hydrogens (tertiary/aromatic N) is 1. The summed E-state index contributed by atoms with van der Waals surface area (Å²) in [4.78, 5) is 2.38. The Labute approximate surface area is 74.9 Å². The van der Waals surface area contributed by atoms with Gasteiger partial charge < -0.3 is 15.4 Å². The van der Waals surface area contributed by atoms with E-state index in [1.165, 1.54) is 19.4 Å². The summed E-state index contributed by atoms with van der Waals surface area (Å²) in [5.74, 6) is 0. The van der Waals surface area contributed by atoms with Crippen LogP contribution in [0, 0.1) is 0 Å². The van der Waals surface area contributed by atoms with Gasteiger partial charge in [-0.25, -0.2) is 0 Å². The maximum atomic E-state index is 5.51. The van der Waals surface area contributed by atoms with E-state index in [1.807, 2.05) is 0 Å². The van der Waals surface area contributed by atoms with Gasteiger partial charge in [-0.2, -0.15) is 0 Å². The van der Waals surface area contributed by atoms with E-state index in [0.717, 1.165) is 26.2 Å². The van der Waals surface area contributed by atoms with Gasteiger partial charge >= 0.3 is 0 Å². The van der Waals surface area contributed by atoms with Crippen molar-refractivity contribution < 1.29 is 4.74 Å².